The summed E-state index contributed by atoms with van der Waals surface area (Å²) in [5.74, 6) is -0.543. The van der Waals surface area contributed by atoms with E-state index in [-0.39, 0.29) is 16.7 Å². The van der Waals surface area contributed by atoms with Crippen LogP contribution < -0.4 is 10.6 Å². The molecule has 0 aliphatic heterocycles. The molecule has 1 amide bonds. The minimum Gasteiger partial charge on any atom is -0.360 e. The third kappa shape index (κ3) is 5.11. The Bertz CT molecular complexity index is 653. The standard InChI is InChI=1S/C13H14ClFN4OS2/c1-2-5-16-12-18-19-13(22-12)21-7-11(20)17-8-3-4-10(15)9(14)6-8/h3-4,6H,2,5,7H2,1H3,(H,16,18)(H,17,20). The second-order valence-corrected chi connectivity index (χ2v) is 6.87. The lowest BCUT2D eigenvalue weighted by Gasteiger charge is -2.04. The Morgan fingerprint density at radius 2 is 2.27 bits per heavy atom. The summed E-state index contributed by atoms with van der Waals surface area (Å²) < 4.78 is 13.7. The van der Waals surface area contributed by atoms with Gasteiger partial charge in [-0.25, -0.2) is 4.39 Å². The molecule has 0 bridgehead atoms. The summed E-state index contributed by atoms with van der Waals surface area (Å²) in [6.45, 7) is 2.90. The molecule has 2 aromatic rings. The van der Waals surface area contributed by atoms with Gasteiger partial charge in [-0.1, -0.05) is 41.6 Å². The number of carbonyl (C=O) groups excluding carboxylic acids is 1. The van der Waals surface area contributed by atoms with Gasteiger partial charge in [-0.2, -0.15) is 0 Å². The fraction of sp³-hybridized carbons (Fsp3) is 0.308. The van der Waals surface area contributed by atoms with E-state index in [0.29, 0.717) is 10.0 Å². The maximum absolute atomic E-state index is 13.0. The van der Waals surface area contributed by atoms with E-state index in [0.717, 1.165) is 18.1 Å². The number of rotatable bonds is 7. The van der Waals surface area contributed by atoms with Crippen molar-refractivity contribution in [2.45, 2.75) is 17.7 Å². The number of thioether (sulfide) groups is 1. The number of carbonyl (C=O) groups is 1. The number of anilines is 2. The van der Waals surface area contributed by atoms with Crippen LogP contribution in [0.3, 0.4) is 0 Å². The van der Waals surface area contributed by atoms with Gasteiger partial charge < -0.3 is 10.6 Å². The summed E-state index contributed by atoms with van der Waals surface area (Å²) in [7, 11) is 0. The summed E-state index contributed by atoms with van der Waals surface area (Å²) in [5.41, 5.74) is 0.458. The van der Waals surface area contributed by atoms with Crippen molar-refractivity contribution in [3.63, 3.8) is 0 Å². The predicted octanol–water partition coefficient (Wildman–Crippen LogP) is 3.88. The molecule has 1 heterocycles. The predicted molar refractivity (Wildman–Crippen MR) is 89.5 cm³/mol. The van der Waals surface area contributed by atoms with E-state index >= 15 is 0 Å². The van der Waals surface area contributed by atoms with Crippen molar-refractivity contribution in [3.05, 3.63) is 29.0 Å². The van der Waals surface area contributed by atoms with E-state index in [1.54, 1.807) is 0 Å². The third-order valence-electron chi connectivity index (χ3n) is 2.46. The first-order chi connectivity index (χ1) is 10.6. The first kappa shape index (κ1) is 17.0. The van der Waals surface area contributed by atoms with Gasteiger partial charge in [-0.05, 0) is 24.6 Å². The van der Waals surface area contributed by atoms with Crippen molar-refractivity contribution in [1.82, 2.24) is 10.2 Å². The quantitative estimate of drug-likeness (QED) is 0.733. The van der Waals surface area contributed by atoms with Crippen molar-refractivity contribution in [1.29, 1.82) is 0 Å². The van der Waals surface area contributed by atoms with Crippen LogP contribution in [0.2, 0.25) is 5.02 Å². The van der Waals surface area contributed by atoms with Crippen molar-refractivity contribution < 1.29 is 9.18 Å². The summed E-state index contributed by atoms with van der Waals surface area (Å²) in [6.07, 6.45) is 1.00. The minimum atomic E-state index is -0.519. The second kappa shape index (κ2) is 8.30. The van der Waals surface area contributed by atoms with Gasteiger partial charge in [0.2, 0.25) is 11.0 Å². The molecule has 0 radical (unpaired) electrons. The normalized spacial score (nSPS) is 10.5. The number of hydrogen-bond acceptors (Lipinski definition) is 6. The highest BCUT2D eigenvalue weighted by molar-refractivity contribution is 8.01. The molecular formula is C13H14ClFN4OS2. The molecule has 0 aliphatic carbocycles. The number of aromatic nitrogens is 2. The first-order valence-corrected chi connectivity index (χ1v) is 8.71. The number of nitrogens with zero attached hydrogens (tertiary/aromatic N) is 2. The van der Waals surface area contributed by atoms with Gasteiger partial charge in [0, 0.05) is 12.2 Å². The topological polar surface area (TPSA) is 66.9 Å². The zero-order valence-corrected chi connectivity index (χ0v) is 14.1. The van der Waals surface area contributed by atoms with Crippen LogP contribution in [0.15, 0.2) is 22.5 Å². The molecule has 2 rings (SSSR count). The second-order valence-electron chi connectivity index (χ2n) is 4.27. The largest absolute Gasteiger partial charge is 0.360 e. The molecule has 9 heteroatoms. The molecule has 1 aromatic heterocycles. The van der Waals surface area contributed by atoms with E-state index in [4.69, 9.17) is 11.6 Å². The Balaban J connectivity index is 1.82. The van der Waals surface area contributed by atoms with Gasteiger partial charge in [-0.3, -0.25) is 4.79 Å². The average Bonchev–Trinajstić information content (AvgIpc) is 2.95. The van der Waals surface area contributed by atoms with Crippen molar-refractivity contribution in [2.24, 2.45) is 0 Å². The molecule has 2 N–H and O–H groups in total. The molecule has 0 spiro atoms. The van der Waals surface area contributed by atoms with E-state index in [1.807, 2.05) is 0 Å². The zero-order chi connectivity index (χ0) is 15.9. The molecule has 22 heavy (non-hydrogen) atoms. The van der Waals surface area contributed by atoms with Crippen LogP contribution in [0.25, 0.3) is 0 Å². The number of amides is 1. The zero-order valence-electron chi connectivity index (χ0n) is 11.7. The van der Waals surface area contributed by atoms with Crippen LogP contribution in [-0.4, -0.2) is 28.4 Å². The summed E-state index contributed by atoms with van der Waals surface area (Å²) in [4.78, 5) is 11.8. The molecule has 118 valence electrons. The molecular weight excluding hydrogens is 347 g/mol. The molecule has 0 fully saturated rings. The highest BCUT2D eigenvalue weighted by atomic mass is 35.5. The van der Waals surface area contributed by atoms with E-state index in [9.17, 15) is 9.18 Å². The van der Waals surface area contributed by atoms with Gasteiger partial charge in [0.05, 0.1) is 10.8 Å². The van der Waals surface area contributed by atoms with E-state index < -0.39 is 5.82 Å². The van der Waals surface area contributed by atoms with Crippen molar-refractivity contribution in [3.8, 4) is 0 Å². The van der Waals surface area contributed by atoms with Gasteiger partial charge in [0.15, 0.2) is 4.34 Å². The van der Waals surface area contributed by atoms with Gasteiger partial charge in [0.25, 0.3) is 0 Å². The van der Waals surface area contributed by atoms with Crippen molar-refractivity contribution >= 4 is 51.4 Å². The number of halogens is 2. The Morgan fingerprint density at radius 3 is 3.00 bits per heavy atom. The molecule has 0 aliphatic rings. The monoisotopic (exact) mass is 360 g/mol. The van der Waals surface area contributed by atoms with Gasteiger partial charge in [-0.15, -0.1) is 10.2 Å². The maximum Gasteiger partial charge on any atom is 0.234 e. The third-order valence-corrected chi connectivity index (χ3v) is 4.77. The Labute approximate surface area is 140 Å². The van der Waals surface area contributed by atoms with Crippen LogP contribution in [0, 0.1) is 5.82 Å². The van der Waals surface area contributed by atoms with Crippen LogP contribution in [0.1, 0.15) is 13.3 Å². The molecule has 0 atom stereocenters. The van der Waals surface area contributed by atoms with Crippen LogP contribution in [0.4, 0.5) is 15.2 Å². The fourth-order valence-electron chi connectivity index (χ4n) is 1.47. The number of hydrogen-bond donors (Lipinski definition) is 2. The smallest absolute Gasteiger partial charge is 0.234 e. The summed E-state index contributed by atoms with van der Waals surface area (Å²) >= 11 is 8.36. The Kier molecular flexibility index (Phi) is 6.41. The lowest BCUT2D eigenvalue weighted by atomic mass is 10.3. The van der Waals surface area contributed by atoms with Crippen LogP contribution in [0.5, 0.6) is 0 Å². The van der Waals surface area contributed by atoms with Crippen LogP contribution in [-0.2, 0) is 4.79 Å². The lowest BCUT2D eigenvalue weighted by molar-refractivity contribution is -0.113. The van der Waals surface area contributed by atoms with E-state index in [1.165, 1.54) is 41.3 Å². The summed E-state index contributed by atoms with van der Waals surface area (Å²) in [5, 5.41) is 14.5. The average molecular weight is 361 g/mol. The lowest BCUT2D eigenvalue weighted by Crippen LogP contribution is -2.13. The molecule has 5 nitrogen and oxygen atoms in total. The number of nitrogens with one attached hydrogen (secondary N) is 2. The molecule has 0 saturated heterocycles. The minimum absolute atomic E-state index is 0.0267. The molecule has 0 saturated carbocycles. The van der Waals surface area contributed by atoms with E-state index in [2.05, 4.69) is 27.8 Å². The highest BCUT2D eigenvalue weighted by Gasteiger charge is 2.09. The molecule has 0 unspecified atom stereocenters. The Morgan fingerprint density at radius 1 is 1.45 bits per heavy atom. The summed E-state index contributed by atoms with van der Waals surface area (Å²) in [6, 6.07) is 4.04. The van der Waals surface area contributed by atoms with Gasteiger partial charge >= 0.3 is 0 Å². The SMILES string of the molecule is CCCNc1nnc(SCC(=O)Nc2ccc(F)c(Cl)c2)s1. The van der Waals surface area contributed by atoms with Crippen molar-refractivity contribution in [2.75, 3.05) is 22.9 Å². The fourth-order valence-corrected chi connectivity index (χ4v) is 3.23. The molecule has 1 aromatic carbocycles. The number of benzene rings is 1. The van der Waals surface area contributed by atoms with Crippen LogP contribution >= 0.6 is 34.7 Å². The first-order valence-electron chi connectivity index (χ1n) is 6.53. The Hall–Kier alpha value is -1.38. The highest BCUT2D eigenvalue weighted by Crippen LogP contribution is 2.26. The van der Waals surface area contributed by atoms with Gasteiger partial charge in [0.1, 0.15) is 5.82 Å². The maximum atomic E-state index is 13.0.